The van der Waals surface area contributed by atoms with Gasteiger partial charge in [-0.3, -0.25) is 9.78 Å². The molecule has 0 atom stereocenters. The SMILES string of the molecule is CCN(C(=O)COc1cnc2ccccc2c1)C1CC1. The molecule has 1 fully saturated rings. The van der Waals surface area contributed by atoms with E-state index in [4.69, 9.17) is 4.74 Å². The summed E-state index contributed by atoms with van der Waals surface area (Å²) in [6.07, 6.45) is 3.91. The monoisotopic (exact) mass is 270 g/mol. The highest BCUT2D eigenvalue weighted by atomic mass is 16.5. The molecule has 1 aliphatic carbocycles. The molecule has 20 heavy (non-hydrogen) atoms. The van der Waals surface area contributed by atoms with Crippen molar-refractivity contribution in [1.29, 1.82) is 0 Å². The van der Waals surface area contributed by atoms with E-state index in [1.165, 1.54) is 0 Å². The largest absolute Gasteiger partial charge is 0.482 e. The lowest BCUT2D eigenvalue weighted by molar-refractivity contribution is -0.133. The zero-order chi connectivity index (χ0) is 13.9. The Bertz CT molecular complexity index is 623. The van der Waals surface area contributed by atoms with Gasteiger partial charge in [-0.2, -0.15) is 0 Å². The third-order valence-electron chi connectivity index (χ3n) is 3.58. The van der Waals surface area contributed by atoms with E-state index in [9.17, 15) is 4.79 Å². The van der Waals surface area contributed by atoms with Gasteiger partial charge >= 0.3 is 0 Å². The minimum atomic E-state index is 0.0585. The number of rotatable bonds is 5. The summed E-state index contributed by atoms with van der Waals surface area (Å²) in [6, 6.07) is 10.2. The number of nitrogens with zero attached hydrogens (tertiary/aromatic N) is 2. The third kappa shape index (κ3) is 2.74. The Hall–Kier alpha value is -2.10. The standard InChI is InChI=1S/C16H18N2O2/c1-2-18(13-7-8-13)16(19)11-20-14-9-12-5-3-4-6-15(12)17-10-14/h3-6,9-10,13H,2,7-8,11H2,1H3. The molecule has 1 saturated carbocycles. The Kier molecular flexibility index (Phi) is 3.54. The molecule has 1 heterocycles. The second kappa shape index (κ2) is 5.49. The second-order valence-corrected chi connectivity index (χ2v) is 5.06. The van der Waals surface area contributed by atoms with Crippen molar-refractivity contribution in [2.45, 2.75) is 25.8 Å². The lowest BCUT2D eigenvalue weighted by Crippen LogP contribution is -2.36. The van der Waals surface area contributed by atoms with E-state index >= 15 is 0 Å². The van der Waals surface area contributed by atoms with Crippen LogP contribution in [0.5, 0.6) is 5.75 Å². The van der Waals surface area contributed by atoms with Crippen LogP contribution in [-0.2, 0) is 4.79 Å². The first-order chi connectivity index (χ1) is 9.78. The summed E-state index contributed by atoms with van der Waals surface area (Å²) < 4.78 is 5.58. The molecule has 104 valence electrons. The summed E-state index contributed by atoms with van der Waals surface area (Å²) in [5.74, 6) is 0.701. The highest BCUT2D eigenvalue weighted by Crippen LogP contribution is 2.26. The van der Waals surface area contributed by atoms with E-state index in [1.54, 1.807) is 6.20 Å². The Morgan fingerprint density at radius 3 is 2.95 bits per heavy atom. The summed E-state index contributed by atoms with van der Waals surface area (Å²) in [4.78, 5) is 18.3. The number of fused-ring (bicyclic) bond motifs is 1. The molecule has 4 heteroatoms. The number of pyridine rings is 1. The molecular formula is C16H18N2O2. The molecule has 0 spiro atoms. The van der Waals surface area contributed by atoms with Crippen molar-refractivity contribution in [3.63, 3.8) is 0 Å². The van der Waals surface area contributed by atoms with Gasteiger partial charge in [0.1, 0.15) is 5.75 Å². The van der Waals surface area contributed by atoms with Gasteiger partial charge in [-0.05, 0) is 31.9 Å². The molecule has 2 aromatic rings. The van der Waals surface area contributed by atoms with Gasteiger partial charge in [0.05, 0.1) is 11.7 Å². The molecule has 0 bridgehead atoms. The molecule has 1 amide bonds. The first-order valence-corrected chi connectivity index (χ1v) is 7.05. The van der Waals surface area contributed by atoms with Gasteiger partial charge < -0.3 is 9.64 Å². The van der Waals surface area contributed by atoms with Gasteiger partial charge in [-0.15, -0.1) is 0 Å². The molecule has 1 aromatic carbocycles. The maximum atomic E-state index is 12.1. The topological polar surface area (TPSA) is 42.4 Å². The average molecular weight is 270 g/mol. The van der Waals surface area contributed by atoms with Crippen molar-refractivity contribution in [3.8, 4) is 5.75 Å². The highest BCUT2D eigenvalue weighted by molar-refractivity contribution is 5.80. The number of amides is 1. The molecule has 0 saturated heterocycles. The van der Waals surface area contributed by atoms with Gasteiger partial charge in [0, 0.05) is 18.0 Å². The highest BCUT2D eigenvalue weighted by Gasteiger charge is 2.31. The first kappa shape index (κ1) is 12.9. The van der Waals surface area contributed by atoms with E-state index in [0.717, 1.165) is 30.3 Å². The average Bonchev–Trinajstić information content (AvgIpc) is 3.30. The van der Waals surface area contributed by atoms with E-state index in [0.29, 0.717) is 11.8 Å². The van der Waals surface area contributed by atoms with Crippen LogP contribution in [0.1, 0.15) is 19.8 Å². The lowest BCUT2D eigenvalue weighted by atomic mass is 10.2. The normalized spacial score (nSPS) is 14.2. The molecule has 1 aromatic heterocycles. The van der Waals surface area contributed by atoms with Crippen molar-refractivity contribution >= 4 is 16.8 Å². The molecule has 0 radical (unpaired) electrons. The Balaban J connectivity index is 1.65. The van der Waals surface area contributed by atoms with Crippen molar-refractivity contribution < 1.29 is 9.53 Å². The predicted molar refractivity (Wildman–Crippen MR) is 77.6 cm³/mol. The summed E-state index contributed by atoms with van der Waals surface area (Å²) in [5.41, 5.74) is 0.930. The Labute approximate surface area is 118 Å². The molecule has 0 unspecified atom stereocenters. The molecular weight excluding hydrogens is 252 g/mol. The van der Waals surface area contributed by atoms with Gasteiger partial charge in [-0.25, -0.2) is 0 Å². The number of aromatic nitrogens is 1. The van der Waals surface area contributed by atoms with Crippen molar-refractivity contribution in [1.82, 2.24) is 9.88 Å². The van der Waals surface area contributed by atoms with Crippen molar-refractivity contribution in [2.75, 3.05) is 13.2 Å². The number of para-hydroxylation sites is 1. The van der Waals surface area contributed by atoms with Crippen molar-refractivity contribution in [2.24, 2.45) is 0 Å². The number of carbonyl (C=O) groups is 1. The van der Waals surface area contributed by atoms with Gasteiger partial charge in [0.15, 0.2) is 6.61 Å². The number of hydrogen-bond acceptors (Lipinski definition) is 3. The van der Waals surface area contributed by atoms with E-state index < -0.39 is 0 Å². The van der Waals surface area contributed by atoms with Crippen LogP contribution in [0.25, 0.3) is 10.9 Å². The first-order valence-electron chi connectivity index (χ1n) is 7.05. The fraction of sp³-hybridized carbons (Fsp3) is 0.375. The summed E-state index contributed by atoms with van der Waals surface area (Å²) in [5, 5.41) is 1.02. The zero-order valence-corrected chi connectivity index (χ0v) is 11.6. The van der Waals surface area contributed by atoms with Gasteiger partial charge in [-0.1, -0.05) is 18.2 Å². The van der Waals surface area contributed by atoms with Gasteiger partial charge in [0.2, 0.25) is 0 Å². The van der Waals surface area contributed by atoms with Crippen LogP contribution in [0, 0.1) is 0 Å². The summed E-state index contributed by atoms with van der Waals surface area (Å²) in [7, 11) is 0. The minimum absolute atomic E-state index is 0.0585. The number of benzene rings is 1. The number of ether oxygens (including phenoxy) is 1. The van der Waals surface area contributed by atoms with Crippen molar-refractivity contribution in [3.05, 3.63) is 36.5 Å². The molecule has 1 aliphatic rings. The Morgan fingerprint density at radius 2 is 2.20 bits per heavy atom. The summed E-state index contributed by atoms with van der Waals surface area (Å²) >= 11 is 0. The van der Waals surface area contributed by atoms with Crippen LogP contribution >= 0.6 is 0 Å². The lowest BCUT2D eigenvalue weighted by Gasteiger charge is -2.20. The van der Waals surface area contributed by atoms with Crippen LogP contribution in [0.3, 0.4) is 0 Å². The van der Waals surface area contributed by atoms with Crippen LogP contribution in [0.15, 0.2) is 36.5 Å². The van der Waals surface area contributed by atoms with E-state index in [-0.39, 0.29) is 12.5 Å². The molecule has 4 nitrogen and oxygen atoms in total. The fourth-order valence-corrected chi connectivity index (χ4v) is 2.38. The van der Waals surface area contributed by atoms with Gasteiger partial charge in [0.25, 0.3) is 5.91 Å². The fourth-order valence-electron chi connectivity index (χ4n) is 2.38. The van der Waals surface area contributed by atoms with E-state index in [1.807, 2.05) is 42.2 Å². The predicted octanol–water partition coefficient (Wildman–Crippen LogP) is 2.62. The van der Waals surface area contributed by atoms with Crippen LogP contribution < -0.4 is 4.74 Å². The maximum absolute atomic E-state index is 12.1. The van der Waals surface area contributed by atoms with Crippen LogP contribution in [0.4, 0.5) is 0 Å². The molecule has 3 rings (SSSR count). The smallest absolute Gasteiger partial charge is 0.260 e. The van der Waals surface area contributed by atoms with Crippen LogP contribution in [-0.4, -0.2) is 35.0 Å². The second-order valence-electron chi connectivity index (χ2n) is 5.06. The zero-order valence-electron chi connectivity index (χ0n) is 11.6. The third-order valence-corrected chi connectivity index (χ3v) is 3.58. The van der Waals surface area contributed by atoms with Crippen LogP contribution in [0.2, 0.25) is 0 Å². The number of hydrogen-bond donors (Lipinski definition) is 0. The minimum Gasteiger partial charge on any atom is -0.482 e. The Morgan fingerprint density at radius 1 is 1.40 bits per heavy atom. The quantitative estimate of drug-likeness (QED) is 0.838. The number of carbonyl (C=O) groups excluding carboxylic acids is 1. The van der Waals surface area contributed by atoms with E-state index in [2.05, 4.69) is 4.98 Å². The molecule has 0 N–H and O–H groups in total. The molecule has 0 aliphatic heterocycles. The summed E-state index contributed by atoms with van der Waals surface area (Å²) in [6.45, 7) is 2.85. The number of likely N-dealkylation sites (N-methyl/N-ethyl adjacent to an activating group) is 1. The maximum Gasteiger partial charge on any atom is 0.260 e.